The summed E-state index contributed by atoms with van der Waals surface area (Å²) in [6.07, 6.45) is 3.72. The van der Waals surface area contributed by atoms with Crippen LogP contribution >= 0.6 is 11.6 Å². The molecule has 0 bridgehead atoms. The lowest BCUT2D eigenvalue weighted by atomic mass is 10.2. The minimum Gasteiger partial charge on any atom is -0.343 e. The van der Waals surface area contributed by atoms with Crippen molar-refractivity contribution in [2.24, 2.45) is 0 Å². The number of carbonyl (C=O) groups is 2. The second kappa shape index (κ2) is 6.15. The first kappa shape index (κ1) is 14.5. The zero-order valence-corrected chi connectivity index (χ0v) is 12.5. The fourth-order valence-corrected chi connectivity index (χ4v) is 2.71. The van der Waals surface area contributed by atoms with Gasteiger partial charge in [-0.25, -0.2) is 0 Å². The molecule has 0 spiro atoms. The molecule has 0 atom stereocenters. The number of benzene rings is 1. The van der Waals surface area contributed by atoms with E-state index < -0.39 is 0 Å². The van der Waals surface area contributed by atoms with Crippen molar-refractivity contribution in [3.8, 4) is 0 Å². The van der Waals surface area contributed by atoms with Crippen LogP contribution in [0, 0.1) is 0 Å². The molecule has 112 valence electrons. The number of para-hydroxylation sites is 1. The van der Waals surface area contributed by atoms with Gasteiger partial charge in [0.15, 0.2) is 0 Å². The average Bonchev–Trinajstić information content (AvgIpc) is 2.97. The molecule has 0 fully saturated rings. The van der Waals surface area contributed by atoms with Crippen molar-refractivity contribution in [1.29, 1.82) is 0 Å². The Morgan fingerprint density at radius 2 is 2.09 bits per heavy atom. The molecule has 6 heteroatoms. The molecule has 2 aromatic rings. The number of nitrogens with zero attached hydrogens (tertiary/aromatic N) is 2. The standard InChI is InChI=1S/C16H14ClN3O2/c17-13-9-18-7-5-12(13)16(22)19-10-15(21)20-8-6-11-3-1-2-4-14(11)20/h1-5,7,9H,6,8,10H2,(H,19,22). The second-order valence-corrected chi connectivity index (χ2v) is 5.37. The van der Waals surface area contributed by atoms with Crippen molar-refractivity contribution in [3.05, 3.63) is 58.9 Å². The summed E-state index contributed by atoms with van der Waals surface area (Å²) < 4.78 is 0. The summed E-state index contributed by atoms with van der Waals surface area (Å²) in [5.41, 5.74) is 2.38. The van der Waals surface area contributed by atoms with Crippen LogP contribution in [-0.2, 0) is 11.2 Å². The van der Waals surface area contributed by atoms with E-state index in [1.807, 2.05) is 24.3 Å². The highest BCUT2D eigenvalue weighted by molar-refractivity contribution is 6.33. The number of pyridine rings is 1. The van der Waals surface area contributed by atoms with Gasteiger partial charge in [0.05, 0.1) is 17.1 Å². The van der Waals surface area contributed by atoms with E-state index in [2.05, 4.69) is 10.3 Å². The Morgan fingerprint density at radius 3 is 2.91 bits per heavy atom. The van der Waals surface area contributed by atoms with E-state index in [-0.39, 0.29) is 23.4 Å². The summed E-state index contributed by atoms with van der Waals surface area (Å²) in [5, 5.41) is 2.87. The van der Waals surface area contributed by atoms with Gasteiger partial charge in [-0.05, 0) is 24.1 Å². The summed E-state index contributed by atoms with van der Waals surface area (Å²) in [5.74, 6) is -0.517. The highest BCUT2D eigenvalue weighted by atomic mass is 35.5. The summed E-state index contributed by atoms with van der Waals surface area (Å²) in [4.78, 5) is 29.9. The molecule has 1 aliphatic heterocycles. The van der Waals surface area contributed by atoms with Crippen molar-refractivity contribution in [1.82, 2.24) is 10.3 Å². The lowest BCUT2D eigenvalue weighted by Gasteiger charge is -2.17. The fourth-order valence-electron chi connectivity index (χ4n) is 2.50. The maximum atomic E-state index is 12.3. The molecule has 2 amide bonds. The van der Waals surface area contributed by atoms with Crippen LogP contribution in [-0.4, -0.2) is 29.9 Å². The lowest BCUT2D eigenvalue weighted by Crippen LogP contribution is -2.39. The molecular weight excluding hydrogens is 302 g/mol. The number of halogens is 1. The zero-order chi connectivity index (χ0) is 15.5. The normalized spacial score (nSPS) is 12.9. The van der Waals surface area contributed by atoms with Gasteiger partial charge in [0.25, 0.3) is 5.91 Å². The van der Waals surface area contributed by atoms with Gasteiger partial charge in [0.1, 0.15) is 0 Å². The van der Waals surface area contributed by atoms with Crippen molar-refractivity contribution in [2.45, 2.75) is 6.42 Å². The van der Waals surface area contributed by atoms with Gasteiger partial charge in [-0.15, -0.1) is 0 Å². The van der Waals surface area contributed by atoms with Crippen LogP contribution in [0.4, 0.5) is 5.69 Å². The number of fused-ring (bicyclic) bond motifs is 1. The zero-order valence-electron chi connectivity index (χ0n) is 11.8. The average molecular weight is 316 g/mol. The van der Waals surface area contributed by atoms with Gasteiger partial charge in [-0.2, -0.15) is 0 Å². The molecule has 1 aliphatic rings. The van der Waals surface area contributed by atoms with Crippen molar-refractivity contribution < 1.29 is 9.59 Å². The lowest BCUT2D eigenvalue weighted by molar-refractivity contribution is -0.117. The number of nitrogens with one attached hydrogen (secondary N) is 1. The molecule has 0 radical (unpaired) electrons. The molecular formula is C16H14ClN3O2. The third-order valence-electron chi connectivity index (χ3n) is 3.61. The number of aromatic nitrogens is 1. The van der Waals surface area contributed by atoms with Crippen LogP contribution < -0.4 is 10.2 Å². The molecule has 0 unspecified atom stereocenters. The highest BCUT2D eigenvalue weighted by Gasteiger charge is 2.24. The smallest absolute Gasteiger partial charge is 0.253 e. The fraction of sp³-hybridized carbons (Fsp3) is 0.188. The van der Waals surface area contributed by atoms with E-state index in [0.29, 0.717) is 12.1 Å². The molecule has 22 heavy (non-hydrogen) atoms. The maximum Gasteiger partial charge on any atom is 0.253 e. The molecule has 3 rings (SSSR count). The first-order valence-electron chi connectivity index (χ1n) is 6.93. The Kier molecular flexibility index (Phi) is 4.06. The van der Waals surface area contributed by atoms with Crippen LogP contribution in [0.2, 0.25) is 5.02 Å². The van der Waals surface area contributed by atoms with Crippen molar-refractivity contribution >= 4 is 29.1 Å². The maximum absolute atomic E-state index is 12.3. The van der Waals surface area contributed by atoms with Crippen LogP contribution in [0.3, 0.4) is 0 Å². The van der Waals surface area contributed by atoms with Crippen molar-refractivity contribution in [2.75, 3.05) is 18.0 Å². The minimum atomic E-state index is -0.381. The second-order valence-electron chi connectivity index (χ2n) is 4.96. The highest BCUT2D eigenvalue weighted by Crippen LogP contribution is 2.27. The third kappa shape index (κ3) is 2.80. The van der Waals surface area contributed by atoms with Gasteiger partial charge in [0, 0.05) is 24.6 Å². The molecule has 2 heterocycles. The molecule has 5 nitrogen and oxygen atoms in total. The minimum absolute atomic E-state index is 0.0637. The Labute approximate surface area is 132 Å². The largest absolute Gasteiger partial charge is 0.343 e. The Morgan fingerprint density at radius 1 is 1.27 bits per heavy atom. The number of anilines is 1. The number of hydrogen-bond donors (Lipinski definition) is 1. The van der Waals surface area contributed by atoms with Crippen LogP contribution in [0.1, 0.15) is 15.9 Å². The van der Waals surface area contributed by atoms with E-state index in [9.17, 15) is 9.59 Å². The van der Waals surface area contributed by atoms with Gasteiger partial charge >= 0.3 is 0 Å². The topological polar surface area (TPSA) is 62.3 Å². The van der Waals surface area contributed by atoms with E-state index in [1.54, 1.807) is 4.90 Å². The summed E-state index contributed by atoms with van der Waals surface area (Å²) in [6, 6.07) is 9.31. The number of carbonyl (C=O) groups excluding carboxylic acids is 2. The van der Waals surface area contributed by atoms with Gasteiger partial charge in [-0.3, -0.25) is 14.6 Å². The summed E-state index contributed by atoms with van der Waals surface area (Å²) in [6.45, 7) is 0.579. The Hall–Kier alpha value is -2.40. The third-order valence-corrected chi connectivity index (χ3v) is 3.91. The van der Waals surface area contributed by atoms with Gasteiger partial charge < -0.3 is 10.2 Å². The number of amides is 2. The van der Waals surface area contributed by atoms with E-state index in [1.165, 1.54) is 18.5 Å². The SMILES string of the molecule is O=C(NCC(=O)N1CCc2ccccc21)c1ccncc1Cl. The van der Waals surface area contributed by atoms with Gasteiger partial charge in [-0.1, -0.05) is 29.8 Å². The molecule has 0 aliphatic carbocycles. The van der Waals surface area contributed by atoms with E-state index in [0.717, 1.165) is 17.7 Å². The van der Waals surface area contributed by atoms with E-state index >= 15 is 0 Å². The van der Waals surface area contributed by atoms with E-state index in [4.69, 9.17) is 11.6 Å². The van der Waals surface area contributed by atoms with Crippen LogP contribution in [0.25, 0.3) is 0 Å². The first-order valence-corrected chi connectivity index (χ1v) is 7.30. The number of rotatable bonds is 3. The predicted octanol–water partition coefficient (Wildman–Crippen LogP) is 2.05. The summed E-state index contributed by atoms with van der Waals surface area (Å²) in [7, 11) is 0. The monoisotopic (exact) mass is 315 g/mol. The molecule has 1 aromatic carbocycles. The quantitative estimate of drug-likeness (QED) is 0.943. The predicted molar refractivity (Wildman–Crippen MR) is 84.1 cm³/mol. The van der Waals surface area contributed by atoms with Crippen LogP contribution in [0.5, 0.6) is 0 Å². The summed E-state index contributed by atoms with van der Waals surface area (Å²) >= 11 is 5.91. The van der Waals surface area contributed by atoms with Crippen LogP contribution in [0.15, 0.2) is 42.7 Å². The van der Waals surface area contributed by atoms with Crippen molar-refractivity contribution in [3.63, 3.8) is 0 Å². The molecule has 0 saturated heterocycles. The molecule has 0 saturated carbocycles. The molecule has 1 N–H and O–H groups in total. The van der Waals surface area contributed by atoms with Gasteiger partial charge in [0.2, 0.25) is 5.91 Å². The number of hydrogen-bond acceptors (Lipinski definition) is 3. The molecule has 1 aromatic heterocycles. The first-order chi connectivity index (χ1) is 10.7. The Balaban J connectivity index is 1.64. The Bertz CT molecular complexity index is 733.